The van der Waals surface area contributed by atoms with Crippen LogP contribution in [0.4, 0.5) is 0 Å². The Morgan fingerprint density at radius 3 is 1.34 bits per heavy atom. The van der Waals surface area contributed by atoms with Gasteiger partial charge in [-0.25, -0.2) is 0 Å². The molecule has 1 atom stereocenters. The normalized spacial score (nSPS) is 11.8. The number of nitrogens with zero attached hydrogens (tertiary/aromatic N) is 3. The predicted molar refractivity (Wildman–Crippen MR) is 126 cm³/mol. The van der Waals surface area contributed by atoms with E-state index >= 15 is 0 Å². The maximum Gasteiger partial charge on any atom is 0.317 e. The van der Waals surface area contributed by atoms with Crippen molar-refractivity contribution in [2.75, 3.05) is 72.0 Å². The molecule has 0 fully saturated rings. The zero-order valence-corrected chi connectivity index (χ0v) is 20.6. The fourth-order valence-electron chi connectivity index (χ4n) is 3.09. The first-order valence-corrected chi connectivity index (χ1v) is 11.3. The zero-order valence-electron chi connectivity index (χ0n) is 20.6. The Labute approximate surface area is 216 Å². The van der Waals surface area contributed by atoms with Gasteiger partial charge in [0.05, 0.1) is 45.2 Å². The third kappa shape index (κ3) is 18.4. The lowest BCUT2D eigenvalue weighted by Crippen LogP contribution is -2.47. The van der Waals surface area contributed by atoms with Gasteiger partial charge in [-0.1, -0.05) is 0 Å². The fraction of sp³-hybridized carbons (Fsp3) is 0.650. The highest BCUT2D eigenvalue weighted by Crippen LogP contribution is 1.97. The summed E-state index contributed by atoms with van der Waals surface area (Å²) in [5.41, 5.74) is 5.40. The van der Waals surface area contributed by atoms with Crippen LogP contribution in [-0.2, 0) is 33.6 Å². The minimum Gasteiger partial charge on any atom is -0.481 e. The summed E-state index contributed by atoms with van der Waals surface area (Å²) >= 11 is 0. The Morgan fingerprint density at radius 1 is 0.553 bits per heavy atom. The average molecular weight is 551 g/mol. The molecule has 18 heteroatoms. The van der Waals surface area contributed by atoms with E-state index in [0.29, 0.717) is 0 Å². The molecule has 216 valence electrons. The molecule has 0 aliphatic rings. The van der Waals surface area contributed by atoms with Crippen LogP contribution in [0.2, 0.25) is 0 Å². The van der Waals surface area contributed by atoms with Crippen LogP contribution in [0.1, 0.15) is 6.42 Å². The van der Waals surface area contributed by atoms with E-state index in [-0.39, 0.29) is 45.8 Å². The Balaban J connectivity index is 4.87. The molecule has 0 spiro atoms. The van der Waals surface area contributed by atoms with Crippen molar-refractivity contribution in [1.29, 1.82) is 0 Å². The summed E-state index contributed by atoms with van der Waals surface area (Å²) in [6.07, 6.45) is -0.571. The van der Waals surface area contributed by atoms with Crippen LogP contribution < -0.4 is 16.4 Å². The van der Waals surface area contributed by atoms with Crippen LogP contribution in [0, 0.1) is 0 Å². The SMILES string of the molecule is N[C@@H](CC(=O)O)C(=O)NCCNC(=O)CN(CCN(CCN(CC(=O)O)CC(=O)O)CC(=O)O)CC(=O)O. The van der Waals surface area contributed by atoms with Crippen molar-refractivity contribution in [1.82, 2.24) is 25.3 Å². The summed E-state index contributed by atoms with van der Waals surface area (Å²) < 4.78 is 0. The van der Waals surface area contributed by atoms with Crippen molar-refractivity contribution in [2.24, 2.45) is 5.73 Å². The van der Waals surface area contributed by atoms with Crippen molar-refractivity contribution < 1.29 is 59.1 Å². The van der Waals surface area contributed by atoms with Gasteiger partial charge in [-0.2, -0.15) is 0 Å². The summed E-state index contributed by atoms with van der Waals surface area (Å²) in [5.74, 6) is -7.59. The molecule has 0 rings (SSSR count). The molecule has 0 aromatic rings. The van der Waals surface area contributed by atoms with E-state index in [1.807, 2.05) is 0 Å². The highest BCUT2D eigenvalue weighted by molar-refractivity contribution is 5.86. The number of aliphatic carboxylic acids is 5. The average Bonchev–Trinajstić information content (AvgIpc) is 2.76. The van der Waals surface area contributed by atoms with Gasteiger partial charge in [0, 0.05) is 39.3 Å². The van der Waals surface area contributed by atoms with Crippen LogP contribution in [0.25, 0.3) is 0 Å². The third-order valence-corrected chi connectivity index (χ3v) is 4.75. The highest BCUT2D eigenvalue weighted by atomic mass is 16.4. The quantitative estimate of drug-likeness (QED) is 0.0587. The zero-order chi connectivity index (χ0) is 29.3. The molecule has 38 heavy (non-hydrogen) atoms. The number of carbonyl (C=O) groups is 7. The van der Waals surface area contributed by atoms with Crippen molar-refractivity contribution >= 4 is 41.7 Å². The Kier molecular flexibility index (Phi) is 16.5. The van der Waals surface area contributed by atoms with Gasteiger partial charge >= 0.3 is 29.8 Å². The Bertz CT molecular complexity index is 838. The molecule has 0 bridgehead atoms. The second-order valence-corrected chi connectivity index (χ2v) is 8.12. The van der Waals surface area contributed by atoms with Crippen molar-refractivity contribution in [3.8, 4) is 0 Å². The highest BCUT2D eigenvalue weighted by Gasteiger charge is 2.20. The molecule has 0 aliphatic heterocycles. The second-order valence-electron chi connectivity index (χ2n) is 8.12. The van der Waals surface area contributed by atoms with E-state index in [9.17, 15) is 33.6 Å². The van der Waals surface area contributed by atoms with Crippen molar-refractivity contribution in [3.05, 3.63) is 0 Å². The molecule has 0 saturated heterocycles. The van der Waals surface area contributed by atoms with Gasteiger partial charge in [0.1, 0.15) is 0 Å². The summed E-state index contributed by atoms with van der Waals surface area (Å²) in [6.45, 7) is -2.94. The minimum absolute atomic E-state index is 0.0294. The number of rotatable bonds is 22. The number of carboxylic acids is 5. The number of carboxylic acid groups (broad SMARTS) is 5. The van der Waals surface area contributed by atoms with Gasteiger partial charge in [0.15, 0.2) is 0 Å². The molecule has 2 amide bonds. The van der Waals surface area contributed by atoms with Crippen LogP contribution in [0.5, 0.6) is 0 Å². The van der Waals surface area contributed by atoms with E-state index in [1.165, 1.54) is 9.80 Å². The molecule has 18 nitrogen and oxygen atoms in total. The van der Waals surface area contributed by atoms with Gasteiger partial charge in [0.2, 0.25) is 11.8 Å². The minimum atomic E-state index is -1.27. The standard InChI is InChI=1S/C20H34N6O12/c21-13(7-15(28)29)20(38)23-2-1-22-14(27)8-25(10-17(32)33)5-3-24(9-16(30)31)4-6-26(11-18(34)35)12-19(36)37/h13H,1-12,21H2,(H,22,27)(H,23,38)(H,28,29)(H,30,31)(H,32,33)(H,34,35)(H,36,37)/t13-/m0/s1. The first-order chi connectivity index (χ1) is 17.7. The predicted octanol–water partition coefficient (Wildman–Crippen LogP) is -4.73. The first kappa shape index (κ1) is 34.1. The molecule has 0 aromatic heterocycles. The van der Waals surface area contributed by atoms with Crippen molar-refractivity contribution in [2.45, 2.75) is 12.5 Å². The second kappa shape index (κ2) is 18.4. The molecule has 0 aromatic carbocycles. The number of hydrogen-bond donors (Lipinski definition) is 8. The first-order valence-electron chi connectivity index (χ1n) is 11.3. The van der Waals surface area contributed by atoms with Gasteiger partial charge in [-0.3, -0.25) is 48.3 Å². The molecular formula is C20H34N6O12. The lowest BCUT2D eigenvalue weighted by Gasteiger charge is -2.27. The van der Waals surface area contributed by atoms with E-state index in [4.69, 9.17) is 31.3 Å². The third-order valence-electron chi connectivity index (χ3n) is 4.75. The Morgan fingerprint density at radius 2 is 0.921 bits per heavy atom. The van der Waals surface area contributed by atoms with Crippen LogP contribution in [-0.4, -0.2) is 160 Å². The number of nitrogens with two attached hydrogens (primary N) is 1. The number of nitrogens with one attached hydrogen (secondary N) is 2. The monoisotopic (exact) mass is 550 g/mol. The molecule has 0 radical (unpaired) electrons. The molecule has 0 aliphatic carbocycles. The summed E-state index contributed by atoms with van der Waals surface area (Å²) in [4.78, 5) is 82.4. The molecular weight excluding hydrogens is 516 g/mol. The number of amides is 2. The Hall–Kier alpha value is -3.87. The van der Waals surface area contributed by atoms with E-state index in [0.717, 1.165) is 4.90 Å². The van der Waals surface area contributed by atoms with E-state index in [2.05, 4.69) is 10.6 Å². The summed E-state index contributed by atoms with van der Waals surface area (Å²) in [7, 11) is 0. The van der Waals surface area contributed by atoms with Crippen LogP contribution in [0.15, 0.2) is 0 Å². The van der Waals surface area contributed by atoms with Gasteiger partial charge in [-0.05, 0) is 0 Å². The number of carbonyl (C=O) groups excluding carboxylic acids is 2. The lowest BCUT2D eigenvalue weighted by molar-refractivity contribution is -0.143. The maximum absolute atomic E-state index is 12.2. The maximum atomic E-state index is 12.2. The van der Waals surface area contributed by atoms with Gasteiger partial charge < -0.3 is 41.9 Å². The smallest absolute Gasteiger partial charge is 0.317 e. The molecule has 9 N–H and O–H groups in total. The lowest BCUT2D eigenvalue weighted by atomic mass is 10.2. The van der Waals surface area contributed by atoms with E-state index in [1.54, 1.807) is 0 Å². The van der Waals surface area contributed by atoms with Gasteiger partial charge in [0.25, 0.3) is 0 Å². The topological polar surface area (TPSA) is 280 Å². The van der Waals surface area contributed by atoms with Crippen LogP contribution in [0.3, 0.4) is 0 Å². The molecule has 0 unspecified atom stereocenters. The fourth-order valence-corrected chi connectivity index (χ4v) is 3.09. The molecule has 0 heterocycles. The summed E-state index contributed by atoms with van der Waals surface area (Å²) in [6, 6.07) is -1.26. The van der Waals surface area contributed by atoms with Crippen molar-refractivity contribution in [3.63, 3.8) is 0 Å². The van der Waals surface area contributed by atoms with Crippen LogP contribution >= 0.6 is 0 Å². The number of hydrogen-bond acceptors (Lipinski definition) is 11. The largest absolute Gasteiger partial charge is 0.481 e. The summed E-state index contributed by atoms with van der Waals surface area (Å²) in [5, 5.41) is 49.5. The van der Waals surface area contributed by atoms with E-state index < -0.39 is 80.3 Å². The van der Waals surface area contributed by atoms with Gasteiger partial charge in [-0.15, -0.1) is 0 Å². The molecule has 0 saturated carbocycles.